The molecule has 0 spiro atoms. The third-order valence-electron chi connectivity index (χ3n) is 7.26. The summed E-state index contributed by atoms with van der Waals surface area (Å²) in [5.41, 5.74) is 8.84. The van der Waals surface area contributed by atoms with Gasteiger partial charge in [-0.1, -0.05) is 72.3 Å². The molecule has 0 saturated heterocycles. The third-order valence-corrected chi connectivity index (χ3v) is 9.02. The van der Waals surface area contributed by atoms with E-state index in [1.807, 2.05) is 6.07 Å². The maximum absolute atomic E-state index is 6.79. The zero-order valence-corrected chi connectivity index (χ0v) is 24.1. The number of aryl methyl sites for hydroxylation is 3. The van der Waals surface area contributed by atoms with Crippen LogP contribution in [0.2, 0.25) is 0 Å². The summed E-state index contributed by atoms with van der Waals surface area (Å²) in [5.74, 6) is 2.59. The Labute approximate surface area is 241 Å². The summed E-state index contributed by atoms with van der Waals surface area (Å²) in [6.07, 6.45) is 0.676. The van der Waals surface area contributed by atoms with E-state index < -0.39 is 0 Å². The predicted octanol–water partition coefficient (Wildman–Crippen LogP) is 9.65. The molecule has 0 bridgehead atoms. The Bertz CT molecular complexity index is 1920. The van der Waals surface area contributed by atoms with E-state index in [1.54, 1.807) is 22.7 Å². The van der Waals surface area contributed by atoms with Gasteiger partial charge in [0.15, 0.2) is 11.6 Å². The van der Waals surface area contributed by atoms with Gasteiger partial charge in [-0.05, 0) is 66.4 Å². The first-order chi connectivity index (χ1) is 19.6. The summed E-state index contributed by atoms with van der Waals surface area (Å²) in [7, 11) is 0. The minimum Gasteiger partial charge on any atom is -0.454 e. The molecule has 0 atom stereocenters. The van der Waals surface area contributed by atoms with Crippen molar-refractivity contribution in [1.82, 2.24) is 14.8 Å². The molecule has 3 aromatic carbocycles. The Balaban J connectivity index is 1.51. The second kappa shape index (κ2) is 10.0. The topological polar surface area (TPSA) is 43.9 Å². The van der Waals surface area contributed by atoms with Crippen LogP contribution in [0.15, 0.2) is 100 Å². The van der Waals surface area contributed by atoms with Crippen LogP contribution in [-0.2, 0) is 6.42 Å². The van der Waals surface area contributed by atoms with E-state index in [9.17, 15) is 0 Å². The molecule has 4 heterocycles. The molecule has 0 amide bonds. The smallest absolute Gasteiger partial charge is 0.172 e. The Kier molecular flexibility index (Phi) is 6.22. The molecule has 7 rings (SSSR count). The normalized spacial score (nSPS) is 11.5. The van der Waals surface area contributed by atoms with Crippen LogP contribution in [0, 0.1) is 20.8 Å². The first-order valence-corrected chi connectivity index (χ1v) is 15.0. The molecule has 7 aromatic rings. The summed E-state index contributed by atoms with van der Waals surface area (Å²) in [4.78, 5) is 2.30. The number of benzene rings is 3. The fourth-order valence-corrected chi connectivity index (χ4v) is 7.18. The molecule has 0 aliphatic heterocycles. The van der Waals surface area contributed by atoms with Gasteiger partial charge < -0.3 is 4.42 Å². The van der Waals surface area contributed by atoms with Gasteiger partial charge >= 0.3 is 0 Å². The van der Waals surface area contributed by atoms with Crippen molar-refractivity contribution >= 4 is 33.6 Å². The molecule has 0 unspecified atom stereocenters. The molecule has 0 aliphatic rings. The van der Waals surface area contributed by atoms with Crippen LogP contribution in [0.1, 0.15) is 28.1 Å². The van der Waals surface area contributed by atoms with Gasteiger partial charge in [0.25, 0.3) is 0 Å². The first kappa shape index (κ1) is 24.8. The van der Waals surface area contributed by atoms with Crippen LogP contribution in [0.3, 0.4) is 0 Å². The minimum absolute atomic E-state index is 0.676. The average Bonchev–Trinajstić information content (AvgIpc) is 3.75. The average molecular weight is 558 g/mol. The zero-order chi connectivity index (χ0) is 27.2. The van der Waals surface area contributed by atoms with Crippen LogP contribution >= 0.6 is 22.7 Å². The van der Waals surface area contributed by atoms with Crippen LogP contribution in [0.5, 0.6) is 0 Å². The quantitative estimate of drug-likeness (QED) is 0.204. The maximum atomic E-state index is 6.79. The van der Waals surface area contributed by atoms with E-state index in [-0.39, 0.29) is 0 Å². The fraction of sp³-hybridized carbons (Fsp3) is 0.118. The number of aromatic nitrogens is 3. The van der Waals surface area contributed by atoms with Crippen LogP contribution in [-0.4, -0.2) is 14.8 Å². The number of furan rings is 1. The van der Waals surface area contributed by atoms with Crippen molar-refractivity contribution in [3.8, 4) is 38.2 Å². The highest BCUT2D eigenvalue weighted by Gasteiger charge is 2.25. The van der Waals surface area contributed by atoms with Gasteiger partial charge in [0.05, 0.1) is 16.1 Å². The van der Waals surface area contributed by atoms with E-state index in [0.29, 0.717) is 6.42 Å². The van der Waals surface area contributed by atoms with Crippen LogP contribution < -0.4 is 0 Å². The maximum Gasteiger partial charge on any atom is 0.172 e. The monoisotopic (exact) mass is 557 g/mol. The molecule has 0 fully saturated rings. The Hall–Kier alpha value is -4.26. The molecule has 196 valence electrons. The molecule has 6 heteroatoms. The molecular weight excluding hydrogens is 531 g/mol. The van der Waals surface area contributed by atoms with Crippen molar-refractivity contribution in [3.05, 3.63) is 124 Å². The van der Waals surface area contributed by atoms with Gasteiger partial charge in [-0.3, -0.25) is 4.57 Å². The van der Waals surface area contributed by atoms with Crippen LogP contribution in [0.25, 0.3) is 49.1 Å². The molecule has 0 aliphatic carbocycles. The summed E-state index contributed by atoms with van der Waals surface area (Å²) in [6.45, 7) is 6.48. The van der Waals surface area contributed by atoms with Gasteiger partial charge in [0.1, 0.15) is 11.4 Å². The number of thiophene rings is 2. The lowest BCUT2D eigenvalue weighted by atomic mass is 10.0. The van der Waals surface area contributed by atoms with Crippen molar-refractivity contribution in [2.75, 3.05) is 0 Å². The standard InChI is InChI=1S/C34H27N3OS2/c1-21-18-22(2)31(23(3)19-21)37-29(20-24-10-5-4-6-11-24)35-36-34(37)26-13-7-12-25-30(27-14-8-16-39-27)33(38-32(25)26)28-15-9-17-40-28/h4-19H,20H2,1-3H3. The Morgan fingerprint density at radius 1 is 0.750 bits per heavy atom. The van der Waals surface area contributed by atoms with E-state index in [1.165, 1.54) is 27.1 Å². The highest BCUT2D eigenvalue weighted by Crippen LogP contribution is 2.46. The van der Waals surface area contributed by atoms with Crippen molar-refractivity contribution < 1.29 is 4.42 Å². The molecule has 4 aromatic heterocycles. The van der Waals surface area contributed by atoms with E-state index >= 15 is 0 Å². The SMILES string of the molecule is Cc1cc(C)c(-n2c(Cc3ccccc3)nnc2-c2cccc3c(-c4cccs4)c(-c4cccs4)oc23)c(C)c1. The lowest BCUT2D eigenvalue weighted by molar-refractivity contribution is 0.634. The van der Waals surface area contributed by atoms with Gasteiger partial charge in [0, 0.05) is 22.2 Å². The molecule has 40 heavy (non-hydrogen) atoms. The molecule has 0 N–H and O–H groups in total. The molecular formula is C34H27N3OS2. The minimum atomic E-state index is 0.676. The number of hydrogen-bond donors (Lipinski definition) is 0. The zero-order valence-electron chi connectivity index (χ0n) is 22.5. The number of fused-ring (bicyclic) bond motifs is 1. The van der Waals surface area contributed by atoms with Gasteiger partial charge in [0.2, 0.25) is 0 Å². The number of rotatable bonds is 6. The predicted molar refractivity (Wildman–Crippen MR) is 167 cm³/mol. The summed E-state index contributed by atoms with van der Waals surface area (Å²) in [5, 5.41) is 14.9. The Morgan fingerprint density at radius 2 is 1.48 bits per heavy atom. The summed E-state index contributed by atoms with van der Waals surface area (Å²) in [6, 6.07) is 29.7. The molecule has 4 nitrogen and oxygen atoms in total. The van der Waals surface area contributed by atoms with Crippen molar-refractivity contribution in [2.45, 2.75) is 27.2 Å². The van der Waals surface area contributed by atoms with E-state index in [4.69, 9.17) is 14.6 Å². The van der Waals surface area contributed by atoms with Crippen molar-refractivity contribution in [1.29, 1.82) is 0 Å². The lowest BCUT2D eigenvalue weighted by Crippen LogP contribution is -2.08. The third kappa shape index (κ3) is 4.21. The number of nitrogens with zero attached hydrogens (tertiary/aromatic N) is 3. The van der Waals surface area contributed by atoms with Crippen molar-refractivity contribution in [3.63, 3.8) is 0 Å². The van der Waals surface area contributed by atoms with E-state index in [0.717, 1.165) is 50.1 Å². The van der Waals surface area contributed by atoms with Crippen LogP contribution in [0.4, 0.5) is 0 Å². The van der Waals surface area contributed by atoms with Gasteiger partial charge in [-0.25, -0.2) is 0 Å². The van der Waals surface area contributed by atoms with E-state index in [2.05, 4.69) is 115 Å². The van der Waals surface area contributed by atoms with Gasteiger partial charge in [-0.15, -0.1) is 32.9 Å². The van der Waals surface area contributed by atoms with Crippen molar-refractivity contribution in [2.24, 2.45) is 0 Å². The molecule has 0 saturated carbocycles. The first-order valence-electron chi connectivity index (χ1n) is 13.3. The highest BCUT2D eigenvalue weighted by molar-refractivity contribution is 7.14. The fourth-order valence-electron chi connectivity index (χ4n) is 5.69. The summed E-state index contributed by atoms with van der Waals surface area (Å²) >= 11 is 3.42. The Morgan fingerprint density at radius 3 is 2.17 bits per heavy atom. The number of hydrogen-bond acceptors (Lipinski definition) is 5. The second-order valence-corrected chi connectivity index (χ2v) is 12.0. The number of para-hydroxylation sites is 1. The highest BCUT2D eigenvalue weighted by atomic mass is 32.1. The second-order valence-electron chi connectivity index (χ2n) is 10.1. The summed E-state index contributed by atoms with van der Waals surface area (Å²) < 4.78 is 9.03. The largest absolute Gasteiger partial charge is 0.454 e. The van der Waals surface area contributed by atoms with Gasteiger partial charge in [-0.2, -0.15) is 0 Å². The lowest BCUT2D eigenvalue weighted by Gasteiger charge is -2.17. The molecule has 0 radical (unpaired) electrons.